The van der Waals surface area contributed by atoms with Gasteiger partial charge in [0.2, 0.25) is 18.3 Å². The molecule has 0 fully saturated rings. The first-order valence-electron chi connectivity index (χ1n) is 6.14. The zero-order valence-electron chi connectivity index (χ0n) is 12.4. The molecular weight excluding hydrogens is 278 g/mol. The molecule has 0 saturated carbocycles. The number of benzene rings is 1. The van der Waals surface area contributed by atoms with Crippen LogP contribution in [0.1, 0.15) is 20.8 Å². The topological polar surface area (TPSA) is 55.4 Å². The molecule has 0 heterocycles. The van der Waals surface area contributed by atoms with E-state index < -0.39 is 18.3 Å². The summed E-state index contributed by atoms with van der Waals surface area (Å²) in [6.45, 7) is 10.7. The summed E-state index contributed by atoms with van der Waals surface area (Å²) in [6, 6.07) is 7.55. The fourth-order valence-corrected chi connectivity index (χ4v) is 2.94. The maximum Gasteiger partial charge on any atom is 0.250 e. The Kier molecular flexibility index (Phi) is 4.49. The largest absolute Gasteiger partial charge is 0.543 e. The van der Waals surface area contributed by atoms with Gasteiger partial charge in [0.1, 0.15) is 5.75 Å². The van der Waals surface area contributed by atoms with E-state index in [4.69, 9.17) is 4.43 Å². The first-order chi connectivity index (χ1) is 8.49. The van der Waals surface area contributed by atoms with Crippen LogP contribution in [0, 0.1) is 6.07 Å². The Morgan fingerprint density at radius 2 is 1.89 bits per heavy atom. The fourth-order valence-electron chi connectivity index (χ4n) is 1.20. The minimum Gasteiger partial charge on any atom is -0.543 e. The van der Waals surface area contributed by atoms with E-state index >= 15 is 0 Å². The van der Waals surface area contributed by atoms with E-state index in [1.165, 1.54) is 13.1 Å². The molecule has 0 spiro atoms. The van der Waals surface area contributed by atoms with E-state index in [1.54, 1.807) is 12.1 Å². The normalized spacial score (nSPS) is 13.4. The number of sulfonamides is 1. The SMILES string of the molecule is CNS(=O)(=O)c1[c]ccc(O[Si](C)(C)C(C)(C)C)c1. The maximum atomic E-state index is 11.7. The molecule has 1 aromatic carbocycles. The molecule has 1 radical (unpaired) electrons. The lowest BCUT2D eigenvalue weighted by atomic mass is 10.2. The van der Waals surface area contributed by atoms with E-state index in [0.29, 0.717) is 5.75 Å². The van der Waals surface area contributed by atoms with Crippen LogP contribution in [0.15, 0.2) is 23.1 Å². The van der Waals surface area contributed by atoms with Crippen molar-refractivity contribution in [3.8, 4) is 5.75 Å². The van der Waals surface area contributed by atoms with E-state index in [-0.39, 0.29) is 9.93 Å². The fraction of sp³-hybridized carbons (Fsp3) is 0.538. The molecule has 1 N–H and O–H groups in total. The van der Waals surface area contributed by atoms with Crippen molar-refractivity contribution in [3.05, 3.63) is 24.3 Å². The predicted molar refractivity (Wildman–Crippen MR) is 79.3 cm³/mol. The quantitative estimate of drug-likeness (QED) is 0.870. The van der Waals surface area contributed by atoms with Gasteiger partial charge in [-0.05, 0) is 43.4 Å². The molecule has 0 aliphatic heterocycles. The highest BCUT2D eigenvalue weighted by Crippen LogP contribution is 2.37. The van der Waals surface area contributed by atoms with Gasteiger partial charge in [0.05, 0.1) is 4.90 Å². The van der Waals surface area contributed by atoms with E-state index in [9.17, 15) is 8.42 Å². The molecule has 1 aromatic rings. The smallest absolute Gasteiger partial charge is 0.250 e. The van der Waals surface area contributed by atoms with Gasteiger partial charge < -0.3 is 4.43 Å². The first-order valence-corrected chi connectivity index (χ1v) is 10.5. The summed E-state index contributed by atoms with van der Waals surface area (Å²) >= 11 is 0. The second-order valence-corrected chi connectivity index (χ2v) is 12.5. The van der Waals surface area contributed by atoms with Gasteiger partial charge in [0, 0.05) is 6.07 Å². The molecule has 4 nitrogen and oxygen atoms in total. The highest BCUT2D eigenvalue weighted by atomic mass is 32.2. The molecule has 0 amide bonds. The Labute approximate surface area is 117 Å². The molecule has 1 rings (SSSR count). The number of hydrogen-bond donors (Lipinski definition) is 1. The molecule has 0 aliphatic carbocycles. The molecule has 0 bridgehead atoms. The third-order valence-corrected chi connectivity index (χ3v) is 9.19. The van der Waals surface area contributed by atoms with E-state index in [0.717, 1.165) is 0 Å². The van der Waals surface area contributed by atoms with Crippen LogP contribution in [0.25, 0.3) is 0 Å². The van der Waals surface area contributed by atoms with Gasteiger partial charge in [-0.3, -0.25) is 0 Å². The second kappa shape index (κ2) is 5.26. The highest BCUT2D eigenvalue weighted by Gasteiger charge is 2.39. The molecule has 19 heavy (non-hydrogen) atoms. The third kappa shape index (κ3) is 3.81. The summed E-state index contributed by atoms with van der Waals surface area (Å²) in [7, 11) is -4.07. The average molecular weight is 300 g/mol. The van der Waals surface area contributed by atoms with Crippen molar-refractivity contribution >= 4 is 18.3 Å². The van der Waals surface area contributed by atoms with Gasteiger partial charge in [-0.15, -0.1) is 0 Å². The van der Waals surface area contributed by atoms with Gasteiger partial charge >= 0.3 is 0 Å². The Bertz CT molecular complexity index is 547. The molecular formula is C13H22NO3SSi. The Morgan fingerprint density at radius 1 is 1.32 bits per heavy atom. The molecule has 0 aliphatic rings. The zero-order chi connectivity index (χ0) is 14.9. The van der Waals surface area contributed by atoms with Gasteiger partial charge in [0.15, 0.2) is 0 Å². The lowest BCUT2D eigenvalue weighted by molar-refractivity contribution is 0.490. The van der Waals surface area contributed by atoms with Crippen LogP contribution in [-0.2, 0) is 10.0 Å². The average Bonchev–Trinajstić information content (AvgIpc) is 2.27. The Balaban J connectivity index is 3.09. The van der Waals surface area contributed by atoms with Crippen LogP contribution < -0.4 is 9.15 Å². The summed E-state index contributed by atoms with van der Waals surface area (Å²) in [4.78, 5) is 0.103. The summed E-state index contributed by atoms with van der Waals surface area (Å²) in [6.07, 6.45) is 0. The van der Waals surface area contributed by atoms with Gasteiger partial charge in [0.25, 0.3) is 0 Å². The molecule has 107 valence electrons. The monoisotopic (exact) mass is 300 g/mol. The zero-order valence-corrected chi connectivity index (χ0v) is 14.2. The molecule has 0 unspecified atom stereocenters. The van der Waals surface area contributed by atoms with Crippen LogP contribution in [-0.4, -0.2) is 23.8 Å². The van der Waals surface area contributed by atoms with Gasteiger partial charge in [-0.2, -0.15) is 0 Å². The molecule has 0 saturated heterocycles. The first kappa shape index (κ1) is 16.2. The maximum absolute atomic E-state index is 11.7. The minimum absolute atomic E-state index is 0.0641. The lowest BCUT2D eigenvalue weighted by Gasteiger charge is -2.36. The van der Waals surface area contributed by atoms with E-state index in [2.05, 4.69) is 44.7 Å². The number of nitrogens with one attached hydrogen (secondary N) is 1. The number of rotatable bonds is 4. The van der Waals surface area contributed by atoms with Crippen molar-refractivity contribution in [2.45, 2.75) is 43.8 Å². The predicted octanol–water partition coefficient (Wildman–Crippen LogP) is 2.78. The molecule has 6 heteroatoms. The van der Waals surface area contributed by atoms with Crippen molar-refractivity contribution in [2.24, 2.45) is 0 Å². The van der Waals surface area contributed by atoms with Crippen molar-refractivity contribution in [1.82, 2.24) is 4.72 Å². The summed E-state index contributed by atoms with van der Waals surface area (Å²) < 4.78 is 31.8. The van der Waals surface area contributed by atoms with Gasteiger partial charge in [-0.25, -0.2) is 13.1 Å². The van der Waals surface area contributed by atoms with Crippen molar-refractivity contribution in [3.63, 3.8) is 0 Å². The molecule has 0 aromatic heterocycles. The van der Waals surface area contributed by atoms with Crippen LogP contribution in [0.3, 0.4) is 0 Å². The van der Waals surface area contributed by atoms with Crippen molar-refractivity contribution in [1.29, 1.82) is 0 Å². The Hall–Kier alpha value is -0.853. The minimum atomic E-state index is -3.48. The lowest BCUT2D eigenvalue weighted by Crippen LogP contribution is -2.43. The van der Waals surface area contributed by atoms with Crippen LogP contribution in [0.4, 0.5) is 0 Å². The van der Waals surface area contributed by atoms with Crippen LogP contribution in [0.5, 0.6) is 5.75 Å². The van der Waals surface area contributed by atoms with Crippen LogP contribution >= 0.6 is 0 Å². The molecule has 0 atom stereocenters. The van der Waals surface area contributed by atoms with Gasteiger partial charge in [-0.1, -0.05) is 20.8 Å². The highest BCUT2D eigenvalue weighted by molar-refractivity contribution is 7.89. The van der Waals surface area contributed by atoms with Crippen molar-refractivity contribution in [2.75, 3.05) is 7.05 Å². The number of hydrogen-bond acceptors (Lipinski definition) is 3. The third-order valence-electron chi connectivity index (χ3n) is 3.48. The Morgan fingerprint density at radius 3 is 2.37 bits per heavy atom. The summed E-state index contributed by atoms with van der Waals surface area (Å²) in [5.41, 5.74) is 0. The van der Waals surface area contributed by atoms with Crippen LogP contribution in [0.2, 0.25) is 18.1 Å². The summed E-state index contributed by atoms with van der Waals surface area (Å²) in [5.74, 6) is 0.583. The second-order valence-electron chi connectivity index (χ2n) is 5.96. The standard InChI is InChI=1S/C13H22NO3SSi/c1-13(2,3)19(5,6)17-11-8-7-9-12(10-11)18(15,16)14-4/h7-8,10,14H,1-6H3. The van der Waals surface area contributed by atoms with E-state index in [1.807, 2.05) is 0 Å². The summed E-state index contributed by atoms with van der Waals surface area (Å²) in [5, 5.41) is 0.0641. The van der Waals surface area contributed by atoms with Crippen molar-refractivity contribution < 1.29 is 12.8 Å².